The van der Waals surface area contributed by atoms with Gasteiger partial charge in [0.25, 0.3) is 5.91 Å². The van der Waals surface area contributed by atoms with Crippen LogP contribution in [0.25, 0.3) is 0 Å². The van der Waals surface area contributed by atoms with Crippen molar-refractivity contribution in [3.63, 3.8) is 0 Å². The van der Waals surface area contributed by atoms with E-state index in [1.54, 1.807) is 18.2 Å². The highest BCUT2D eigenvalue weighted by Crippen LogP contribution is 2.40. The number of pyridine rings is 1. The highest BCUT2D eigenvalue weighted by atomic mass is 16.5. The molecule has 1 fully saturated rings. The molecule has 130 valence electrons. The molecule has 4 rings (SSSR count). The number of ether oxygens (including phenoxy) is 2. The lowest BCUT2D eigenvalue weighted by atomic mass is 9.93. The molecule has 2 heterocycles. The number of carbonyl (C=O) groups excluding carboxylic acids is 1. The maximum atomic E-state index is 12.8. The average molecular weight is 346 g/mol. The average Bonchev–Trinajstić information content (AvgIpc) is 2.71. The molecule has 1 saturated heterocycles. The van der Waals surface area contributed by atoms with Crippen molar-refractivity contribution < 1.29 is 14.3 Å². The van der Waals surface area contributed by atoms with Gasteiger partial charge in [-0.15, -0.1) is 0 Å². The second-order valence-electron chi connectivity index (χ2n) is 5.96. The van der Waals surface area contributed by atoms with E-state index in [9.17, 15) is 4.79 Å². The summed E-state index contributed by atoms with van der Waals surface area (Å²) in [5, 5.41) is 0. The van der Waals surface area contributed by atoms with Crippen molar-refractivity contribution >= 4 is 11.6 Å². The Hall–Kier alpha value is -3.34. The molecular formula is C21H18N2O3. The minimum absolute atomic E-state index is 0.0883. The van der Waals surface area contributed by atoms with E-state index in [1.807, 2.05) is 72.8 Å². The van der Waals surface area contributed by atoms with Crippen LogP contribution in [0.5, 0.6) is 11.5 Å². The Balaban J connectivity index is 1.66. The molecule has 1 aliphatic rings. The standard InChI is InChI=1S/C21H18N2O3/c1-25-16-12-10-15(11-13-16)23-19(18-9-5-6-14-22-18)20(21(23)24)26-17-7-3-2-4-8-17/h2-14,19-20H,1H3/t19-,20+/m1/s1. The van der Waals surface area contributed by atoms with Gasteiger partial charge in [0.15, 0.2) is 0 Å². The smallest absolute Gasteiger partial charge is 0.271 e. The van der Waals surface area contributed by atoms with Crippen LogP contribution in [0.4, 0.5) is 5.69 Å². The molecule has 0 spiro atoms. The van der Waals surface area contributed by atoms with Gasteiger partial charge in [0, 0.05) is 11.9 Å². The van der Waals surface area contributed by atoms with E-state index >= 15 is 0 Å². The molecule has 1 amide bonds. The van der Waals surface area contributed by atoms with Crippen LogP contribution < -0.4 is 14.4 Å². The zero-order valence-electron chi connectivity index (χ0n) is 14.3. The maximum absolute atomic E-state index is 12.8. The Morgan fingerprint density at radius 2 is 1.62 bits per heavy atom. The van der Waals surface area contributed by atoms with Crippen molar-refractivity contribution in [1.82, 2.24) is 4.98 Å². The molecule has 3 aromatic rings. The highest BCUT2D eigenvalue weighted by molar-refractivity contribution is 6.05. The summed E-state index contributed by atoms with van der Waals surface area (Å²) < 4.78 is 11.2. The summed E-state index contributed by atoms with van der Waals surface area (Å²) in [7, 11) is 1.62. The number of benzene rings is 2. The lowest BCUT2D eigenvalue weighted by Gasteiger charge is -2.46. The van der Waals surface area contributed by atoms with Crippen molar-refractivity contribution in [3.05, 3.63) is 84.7 Å². The highest BCUT2D eigenvalue weighted by Gasteiger charge is 2.51. The summed E-state index contributed by atoms with van der Waals surface area (Å²) in [5.74, 6) is 1.32. The fraction of sp³-hybridized carbons (Fsp3) is 0.143. The first-order valence-electron chi connectivity index (χ1n) is 8.37. The van der Waals surface area contributed by atoms with Crippen LogP contribution in [-0.2, 0) is 4.79 Å². The van der Waals surface area contributed by atoms with Crippen molar-refractivity contribution in [3.8, 4) is 11.5 Å². The molecule has 0 radical (unpaired) electrons. The van der Waals surface area contributed by atoms with Crippen LogP contribution in [0.1, 0.15) is 11.7 Å². The number of hydrogen-bond acceptors (Lipinski definition) is 4. The molecule has 0 bridgehead atoms. The first-order valence-corrected chi connectivity index (χ1v) is 8.37. The second kappa shape index (κ2) is 6.88. The van der Waals surface area contributed by atoms with E-state index in [0.29, 0.717) is 5.75 Å². The lowest BCUT2D eigenvalue weighted by Crippen LogP contribution is -2.61. The Morgan fingerprint density at radius 1 is 0.885 bits per heavy atom. The van der Waals surface area contributed by atoms with Crippen LogP contribution in [-0.4, -0.2) is 24.1 Å². The third-order valence-corrected chi connectivity index (χ3v) is 4.39. The topological polar surface area (TPSA) is 51.7 Å². The van der Waals surface area contributed by atoms with Crippen LogP contribution in [0.3, 0.4) is 0 Å². The normalized spacial score (nSPS) is 19.0. The van der Waals surface area contributed by atoms with Gasteiger partial charge in [0.1, 0.15) is 17.5 Å². The molecule has 1 aliphatic heterocycles. The number of hydrogen-bond donors (Lipinski definition) is 0. The minimum atomic E-state index is -0.602. The number of para-hydroxylation sites is 1. The number of anilines is 1. The molecular weight excluding hydrogens is 328 g/mol. The van der Waals surface area contributed by atoms with E-state index in [1.165, 1.54) is 0 Å². The maximum Gasteiger partial charge on any atom is 0.271 e. The molecule has 0 aliphatic carbocycles. The van der Waals surface area contributed by atoms with Gasteiger partial charge in [-0.25, -0.2) is 0 Å². The quantitative estimate of drug-likeness (QED) is 0.662. The van der Waals surface area contributed by atoms with Crippen molar-refractivity contribution in [2.45, 2.75) is 12.1 Å². The number of nitrogens with zero attached hydrogens (tertiary/aromatic N) is 2. The Morgan fingerprint density at radius 3 is 2.27 bits per heavy atom. The lowest BCUT2D eigenvalue weighted by molar-refractivity contribution is -0.135. The van der Waals surface area contributed by atoms with Gasteiger partial charge in [-0.3, -0.25) is 14.7 Å². The fourth-order valence-corrected chi connectivity index (χ4v) is 3.09. The van der Waals surface area contributed by atoms with E-state index in [0.717, 1.165) is 17.1 Å². The monoisotopic (exact) mass is 346 g/mol. The van der Waals surface area contributed by atoms with Crippen molar-refractivity contribution in [2.75, 3.05) is 12.0 Å². The van der Waals surface area contributed by atoms with Crippen molar-refractivity contribution in [2.24, 2.45) is 0 Å². The van der Waals surface area contributed by atoms with Gasteiger partial charge < -0.3 is 9.47 Å². The fourth-order valence-electron chi connectivity index (χ4n) is 3.09. The number of rotatable bonds is 5. The third kappa shape index (κ3) is 2.88. The first kappa shape index (κ1) is 16.1. The number of carbonyl (C=O) groups is 1. The van der Waals surface area contributed by atoms with E-state index in [4.69, 9.17) is 9.47 Å². The van der Waals surface area contributed by atoms with Gasteiger partial charge in [0.2, 0.25) is 6.10 Å². The third-order valence-electron chi connectivity index (χ3n) is 4.39. The summed E-state index contributed by atoms with van der Waals surface area (Å²) in [4.78, 5) is 19.0. The molecule has 2 aromatic carbocycles. The summed E-state index contributed by atoms with van der Waals surface area (Å²) in [6, 6.07) is 22.2. The zero-order chi connectivity index (χ0) is 17.9. The summed E-state index contributed by atoms with van der Waals surface area (Å²) in [5.41, 5.74) is 1.59. The number of aromatic nitrogens is 1. The van der Waals surface area contributed by atoms with Crippen LogP contribution in [0.15, 0.2) is 79.0 Å². The van der Waals surface area contributed by atoms with E-state index < -0.39 is 6.10 Å². The molecule has 5 nitrogen and oxygen atoms in total. The van der Waals surface area contributed by atoms with Crippen molar-refractivity contribution in [1.29, 1.82) is 0 Å². The number of amides is 1. The van der Waals surface area contributed by atoms with Gasteiger partial charge in [-0.1, -0.05) is 24.3 Å². The van der Waals surface area contributed by atoms with Gasteiger partial charge in [0.05, 0.1) is 12.8 Å². The molecule has 26 heavy (non-hydrogen) atoms. The van der Waals surface area contributed by atoms with Gasteiger partial charge in [-0.05, 0) is 48.5 Å². The first-order chi connectivity index (χ1) is 12.8. The van der Waals surface area contributed by atoms with Gasteiger partial charge >= 0.3 is 0 Å². The zero-order valence-corrected chi connectivity index (χ0v) is 14.3. The Labute approximate surface area is 151 Å². The largest absolute Gasteiger partial charge is 0.497 e. The van der Waals surface area contributed by atoms with Crippen LogP contribution in [0.2, 0.25) is 0 Å². The Bertz CT molecular complexity index is 882. The summed E-state index contributed by atoms with van der Waals surface area (Å²) in [6.07, 6.45) is 1.12. The van der Waals surface area contributed by atoms with Crippen LogP contribution in [0, 0.1) is 0 Å². The predicted molar refractivity (Wildman–Crippen MR) is 98.3 cm³/mol. The molecule has 0 unspecified atom stereocenters. The van der Waals surface area contributed by atoms with E-state index in [-0.39, 0.29) is 11.9 Å². The SMILES string of the molecule is COc1ccc(N2C(=O)[C@@H](Oc3ccccc3)[C@H]2c2ccccn2)cc1. The minimum Gasteiger partial charge on any atom is -0.497 e. The van der Waals surface area contributed by atoms with Gasteiger partial charge in [-0.2, -0.15) is 0 Å². The predicted octanol–water partition coefficient (Wildman–Crippen LogP) is 3.63. The molecule has 1 aromatic heterocycles. The van der Waals surface area contributed by atoms with Crippen LogP contribution >= 0.6 is 0 Å². The molecule has 2 atom stereocenters. The molecule has 5 heteroatoms. The second-order valence-corrected chi connectivity index (χ2v) is 5.96. The Kier molecular flexibility index (Phi) is 4.27. The summed E-state index contributed by atoms with van der Waals surface area (Å²) in [6.45, 7) is 0. The van der Waals surface area contributed by atoms with E-state index in [2.05, 4.69) is 4.98 Å². The summed E-state index contributed by atoms with van der Waals surface area (Å²) >= 11 is 0. The molecule has 0 N–H and O–H groups in total. The number of methoxy groups -OCH3 is 1. The molecule has 0 saturated carbocycles. The number of β-lactam (4-membered cyclic amide) rings is 1.